The fraction of sp³-hybridized carbons (Fsp3) is 0.412. The van der Waals surface area contributed by atoms with Gasteiger partial charge in [-0.15, -0.1) is 0 Å². The number of hydrogen-bond acceptors (Lipinski definition) is 3. The third-order valence-corrected chi connectivity index (χ3v) is 5.73. The van der Waals surface area contributed by atoms with Crippen molar-refractivity contribution in [1.82, 2.24) is 5.43 Å². The summed E-state index contributed by atoms with van der Waals surface area (Å²) in [5.74, 6) is 0.260. The summed E-state index contributed by atoms with van der Waals surface area (Å²) < 4.78 is 2.70. The fourth-order valence-electron chi connectivity index (χ4n) is 2.51. The molecule has 7 heteroatoms. The minimum Gasteiger partial charge on any atom is -0.374 e. The molecule has 1 aromatic rings. The van der Waals surface area contributed by atoms with Crippen molar-refractivity contribution >= 4 is 65.1 Å². The summed E-state index contributed by atoms with van der Waals surface area (Å²) in [4.78, 5) is 12.0. The molecule has 0 saturated carbocycles. The molecule has 0 spiro atoms. The zero-order chi connectivity index (χ0) is 17.7. The number of rotatable bonds is 5. The Morgan fingerprint density at radius 2 is 1.96 bits per heavy atom. The van der Waals surface area contributed by atoms with Gasteiger partial charge in [0.25, 0.3) is 5.91 Å². The lowest BCUT2D eigenvalue weighted by Gasteiger charge is -2.20. The van der Waals surface area contributed by atoms with Crippen LogP contribution >= 0.6 is 47.8 Å². The third-order valence-electron chi connectivity index (χ3n) is 4.02. The van der Waals surface area contributed by atoms with E-state index < -0.39 is 0 Å². The maximum Gasteiger partial charge on any atom is 0.259 e. The molecule has 1 aliphatic carbocycles. The average molecular weight is 522 g/mol. The topological polar surface area (TPSA) is 53.5 Å². The predicted molar refractivity (Wildman–Crippen MR) is 110 cm³/mol. The first-order chi connectivity index (χ1) is 11.4. The standard InChI is InChI=1S/C17H20Br3N3O/c1-10-3-5-12(6-4-10)11(2)22-23-16(24)9-21-17-14(19)7-13(18)8-15(17)20/h3,7-8,12,21H,4-6,9H2,1-2H3,(H,23,24)/b22-11-/t12-/m0/s1. The maximum atomic E-state index is 12.0. The van der Waals surface area contributed by atoms with Gasteiger partial charge in [-0.2, -0.15) is 5.10 Å². The summed E-state index contributed by atoms with van der Waals surface area (Å²) in [6, 6.07) is 3.85. The monoisotopic (exact) mass is 519 g/mol. The van der Waals surface area contributed by atoms with Gasteiger partial charge in [-0.25, -0.2) is 5.43 Å². The van der Waals surface area contributed by atoms with E-state index in [1.165, 1.54) is 5.57 Å². The number of allylic oxidation sites excluding steroid dienone is 2. The van der Waals surface area contributed by atoms with Gasteiger partial charge in [0.1, 0.15) is 0 Å². The van der Waals surface area contributed by atoms with E-state index in [0.717, 1.165) is 44.1 Å². The Kier molecular flexibility index (Phi) is 7.50. The van der Waals surface area contributed by atoms with Gasteiger partial charge in [0, 0.05) is 25.0 Å². The Labute approximate surface area is 167 Å². The minimum absolute atomic E-state index is 0.152. The summed E-state index contributed by atoms with van der Waals surface area (Å²) in [7, 11) is 0. The Hall–Kier alpha value is -0.660. The Morgan fingerprint density at radius 1 is 1.29 bits per heavy atom. The van der Waals surface area contributed by atoms with Gasteiger partial charge in [-0.1, -0.05) is 27.6 Å². The van der Waals surface area contributed by atoms with Gasteiger partial charge in [-0.3, -0.25) is 4.79 Å². The van der Waals surface area contributed by atoms with Gasteiger partial charge in [0.2, 0.25) is 0 Å². The molecule has 130 valence electrons. The Balaban J connectivity index is 1.87. The van der Waals surface area contributed by atoms with Crippen LogP contribution in [0.15, 0.2) is 42.3 Å². The molecular weight excluding hydrogens is 502 g/mol. The molecule has 0 bridgehead atoms. The second-order valence-electron chi connectivity index (χ2n) is 5.91. The highest BCUT2D eigenvalue weighted by atomic mass is 79.9. The molecule has 0 heterocycles. The van der Waals surface area contributed by atoms with Crippen LogP contribution in [0.5, 0.6) is 0 Å². The number of amides is 1. The number of nitrogens with zero attached hydrogens (tertiary/aromatic N) is 1. The molecule has 1 atom stereocenters. The highest BCUT2D eigenvalue weighted by Gasteiger charge is 2.15. The van der Waals surface area contributed by atoms with Gasteiger partial charge in [0.15, 0.2) is 0 Å². The van der Waals surface area contributed by atoms with Crippen molar-refractivity contribution in [3.8, 4) is 0 Å². The molecule has 24 heavy (non-hydrogen) atoms. The van der Waals surface area contributed by atoms with Crippen molar-refractivity contribution in [2.75, 3.05) is 11.9 Å². The van der Waals surface area contributed by atoms with Gasteiger partial charge in [-0.05, 0) is 77.1 Å². The highest BCUT2D eigenvalue weighted by molar-refractivity contribution is 9.11. The number of hydrazone groups is 1. The Bertz CT molecular complexity index is 663. The van der Waals surface area contributed by atoms with Crippen LogP contribution in [0.1, 0.15) is 33.1 Å². The van der Waals surface area contributed by atoms with E-state index in [2.05, 4.69) is 76.6 Å². The lowest BCUT2D eigenvalue weighted by atomic mass is 9.87. The fourth-order valence-corrected chi connectivity index (χ4v) is 5.04. The maximum absolute atomic E-state index is 12.0. The zero-order valence-corrected chi connectivity index (χ0v) is 18.4. The van der Waals surface area contributed by atoms with Crippen molar-refractivity contribution in [2.45, 2.75) is 33.1 Å². The molecular formula is C17H20Br3N3O. The van der Waals surface area contributed by atoms with E-state index in [9.17, 15) is 4.79 Å². The molecule has 1 aromatic carbocycles. The molecule has 1 amide bonds. The van der Waals surface area contributed by atoms with E-state index in [1.807, 2.05) is 19.1 Å². The largest absolute Gasteiger partial charge is 0.374 e. The number of halogens is 3. The molecule has 0 aromatic heterocycles. The number of carbonyl (C=O) groups is 1. The molecule has 0 fully saturated rings. The summed E-state index contributed by atoms with van der Waals surface area (Å²) >= 11 is 10.4. The quantitative estimate of drug-likeness (QED) is 0.300. The number of nitrogens with one attached hydrogen (secondary N) is 2. The third kappa shape index (κ3) is 5.70. The first-order valence-electron chi connectivity index (χ1n) is 7.74. The van der Waals surface area contributed by atoms with Crippen LogP contribution in [-0.2, 0) is 4.79 Å². The molecule has 0 saturated heterocycles. The van der Waals surface area contributed by atoms with Gasteiger partial charge in [0.05, 0.1) is 12.2 Å². The van der Waals surface area contributed by atoms with Crippen LogP contribution in [0, 0.1) is 5.92 Å². The van der Waals surface area contributed by atoms with Crippen molar-refractivity contribution in [3.05, 3.63) is 37.2 Å². The number of carbonyl (C=O) groups excluding carboxylic acids is 1. The van der Waals surface area contributed by atoms with E-state index in [1.54, 1.807) is 0 Å². The molecule has 0 radical (unpaired) electrons. The lowest BCUT2D eigenvalue weighted by molar-refractivity contribution is -0.119. The van der Waals surface area contributed by atoms with Crippen molar-refractivity contribution in [3.63, 3.8) is 0 Å². The van der Waals surface area contributed by atoms with Crippen LogP contribution in [0.2, 0.25) is 0 Å². The SMILES string of the molecule is CC1=CC[C@H](/C(C)=N\NC(=O)CNc2c(Br)cc(Br)cc2Br)CC1. The highest BCUT2D eigenvalue weighted by Crippen LogP contribution is 2.34. The van der Waals surface area contributed by atoms with E-state index in [4.69, 9.17) is 0 Å². The Morgan fingerprint density at radius 3 is 2.54 bits per heavy atom. The van der Waals surface area contributed by atoms with Crippen LogP contribution in [-0.4, -0.2) is 18.2 Å². The van der Waals surface area contributed by atoms with Crippen LogP contribution < -0.4 is 10.7 Å². The zero-order valence-electron chi connectivity index (χ0n) is 13.6. The van der Waals surface area contributed by atoms with Crippen molar-refractivity contribution < 1.29 is 4.79 Å². The van der Waals surface area contributed by atoms with Crippen molar-refractivity contribution in [2.24, 2.45) is 11.0 Å². The van der Waals surface area contributed by atoms with Crippen molar-refractivity contribution in [1.29, 1.82) is 0 Å². The van der Waals surface area contributed by atoms with Crippen LogP contribution in [0.4, 0.5) is 5.69 Å². The van der Waals surface area contributed by atoms with Crippen LogP contribution in [0.3, 0.4) is 0 Å². The van der Waals surface area contributed by atoms with E-state index in [-0.39, 0.29) is 12.5 Å². The van der Waals surface area contributed by atoms with Gasteiger partial charge < -0.3 is 5.32 Å². The molecule has 4 nitrogen and oxygen atoms in total. The summed E-state index contributed by atoms with van der Waals surface area (Å²) in [6.45, 7) is 4.29. The molecule has 0 aliphatic heterocycles. The molecule has 2 N–H and O–H groups in total. The lowest BCUT2D eigenvalue weighted by Crippen LogP contribution is -2.28. The number of hydrogen-bond donors (Lipinski definition) is 2. The van der Waals surface area contributed by atoms with E-state index in [0.29, 0.717) is 5.92 Å². The second kappa shape index (κ2) is 9.15. The second-order valence-corrected chi connectivity index (χ2v) is 8.53. The normalized spacial score (nSPS) is 18.1. The average Bonchev–Trinajstić information content (AvgIpc) is 2.52. The molecule has 2 rings (SSSR count). The van der Waals surface area contributed by atoms with Gasteiger partial charge >= 0.3 is 0 Å². The van der Waals surface area contributed by atoms with E-state index >= 15 is 0 Å². The first kappa shape index (κ1) is 19.7. The number of benzene rings is 1. The molecule has 0 unspecified atom stereocenters. The summed E-state index contributed by atoms with van der Waals surface area (Å²) in [6.07, 6.45) is 5.48. The predicted octanol–water partition coefficient (Wildman–Crippen LogP) is 5.62. The number of anilines is 1. The van der Waals surface area contributed by atoms with Crippen LogP contribution in [0.25, 0.3) is 0 Å². The summed E-state index contributed by atoms with van der Waals surface area (Å²) in [5, 5.41) is 7.37. The smallest absolute Gasteiger partial charge is 0.259 e. The summed E-state index contributed by atoms with van der Waals surface area (Å²) in [5.41, 5.74) is 5.90. The first-order valence-corrected chi connectivity index (χ1v) is 10.1. The minimum atomic E-state index is -0.168. The molecule has 1 aliphatic rings.